The molecule has 2 aromatic rings. The van der Waals surface area contributed by atoms with E-state index >= 15 is 0 Å². The van der Waals surface area contributed by atoms with Gasteiger partial charge in [0.25, 0.3) is 0 Å². The first-order valence-corrected chi connectivity index (χ1v) is 12.0. The van der Waals surface area contributed by atoms with Crippen LogP contribution in [0, 0.1) is 0 Å². The third-order valence-corrected chi connectivity index (χ3v) is 6.53. The summed E-state index contributed by atoms with van der Waals surface area (Å²) in [6, 6.07) is 15.3. The molecule has 4 rings (SSSR count). The molecule has 2 saturated heterocycles. The first kappa shape index (κ1) is 24.8. The number of piperazine rings is 1. The van der Waals surface area contributed by atoms with Crippen LogP contribution in [0.15, 0.2) is 48.5 Å². The number of hydrogen-bond donors (Lipinski definition) is 1. The maximum absolute atomic E-state index is 13.0. The van der Waals surface area contributed by atoms with Crippen molar-refractivity contribution in [3.05, 3.63) is 48.5 Å². The van der Waals surface area contributed by atoms with Crippen molar-refractivity contribution in [1.82, 2.24) is 9.80 Å². The smallest absolute Gasteiger partial charge is 0.241 e. The molecule has 1 atom stereocenters. The number of anilines is 3. The molecule has 0 bridgehead atoms. The Morgan fingerprint density at radius 2 is 1.57 bits per heavy atom. The number of benzene rings is 2. The number of hydrogen-bond acceptors (Lipinski definition) is 7. The Balaban J connectivity index is 1.38. The van der Waals surface area contributed by atoms with E-state index in [2.05, 4.69) is 15.1 Å². The van der Waals surface area contributed by atoms with Crippen molar-refractivity contribution < 1.29 is 19.1 Å². The topological polar surface area (TPSA) is 77.6 Å². The van der Waals surface area contributed by atoms with Gasteiger partial charge in [-0.05, 0) is 48.5 Å². The van der Waals surface area contributed by atoms with E-state index in [1.54, 1.807) is 26.1 Å². The van der Waals surface area contributed by atoms with Crippen LogP contribution < -0.4 is 19.9 Å². The first-order valence-electron chi connectivity index (χ1n) is 12.0. The zero-order valence-corrected chi connectivity index (χ0v) is 20.8. The van der Waals surface area contributed by atoms with Crippen LogP contribution >= 0.6 is 0 Å². The zero-order valence-electron chi connectivity index (χ0n) is 20.8. The van der Waals surface area contributed by atoms with E-state index in [0.717, 1.165) is 55.7 Å². The highest BCUT2D eigenvalue weighted by molar-refractivity contribution is 5.93. The standard InChI is InChI=1S/C26H35N5O4/c1-28(2)26(33)24-18-30(22-8-10-23(34-3)11-9-22)12-13-31(24)19-25(32)27-20-4-6-21(7-5-20)29-14-16-35-17-15-29/h4-11,24H,12-19H2,1-3H3,(H,27,32). The molecule has 9 heteroatoms. The number of carbonyl (C=O) groups is 2. The molecular formula is C26H35N5O4. The van der Waals surface area contributed by atoms with Crippen LogP contribution in [0.25, 0.3) is 0 Å². The molecule has 35 heavy (non-hydrogen) atoms. The number of ether oxygens (including phenoxy) is 2. The molecule has 2 amide bonds. The van der Waals surface area contributed by atoms with Crippen molar-refractivity contribution in [3.8, 4) is 5.75 Å². The normalized spacial score (nSPS) is 18.8. The van der Waals surface area contributed by atoms with Gasteiger partial charge in [-0.15, -0.1) is 0 Å². The molecule has 1 unspecified atom stereocenters. The third kappa shape index (κ3) is 6.23. The minimum atomic E-state index is -0.407. The van der Waals surface area contributed by atoms with Gasteiger partial charge in [0.15, 0.2) is 0 Å². The van der Waals surface area contributed by atoms with Crippen LogP contribution in [-0.2, 0) is 14.3 Å². The second-order valence-electron chi connectivity index (χ2n) is 9.06. The molecule has 0 aliphatic carbocycles. The van der Waals surface area contributed by atoms with Crippen molar-refractivity contribution >= 4 is 28.9 Å². The fraction of sp³-hybridized carbons (Fsp3) is 0.462. The second-order valence-corrected chi connectivity index (χ2v) is 9.06. The van der Waals surface area contributed by atoms with Gasteiger partial charge in [0.1, 0.15) is 11.8 Å². The Labute approximate surface area is 207 Å². The van der Waals surface area contributed by atoms with E-state index in [4.69, 9.17) is 9.47 Å². The summed E-state index contributed by atoms with van der Waals surface area (Å²) < 4.78 is 10.7. The highest BCUT2D eigenvalue weighted by atomic mass is 16.5. The van der Waals surface area contributed by atoms with Gasteiger partial charge in [0.2, 0.25) is 11.8 Å². The number of rotatable bonds is 7. The summed E-state index contributed by atoms with van der Waals surface area (Å²) in [6.07, 6.45) is 0. The molecule has 0 aromatic heterocycles. The second kappa shape index (κ2) is 11.4. The summed E-state index contributed by atoms with van der Waals surface area (Å²) >= 11 is 0. The summed E-state index contributed by atoms with van der Waals surface area (Å²) in [5.74, 6) is 0.660. The molecule has 2 aliphatic rings. The van der Waals surface area contributed by atoms with Gasteiger partial charge in [0.05, 0.1) is 26.9 Å². The SMILES string of the molecule is COc1ccc(N2CCN(CC(=O)Nc3ccc(N4CCOCC4)cc3)C(C(=O)N(C)C)C2)cc1. The fourth-order valence-corrected chi connectivity index (χ4v) is 4.53. The van der Waals surface area contributed by atoms with Crippen molar-refractivity contribution in [2.45, 2.75) is 6.04 Å². The molecule has 2 aliphatic heterocycles. The summed E-state index contributed by atoms with van der Waals surface area (Å²) in [6.45, 7) is 5.22. The molecule has 0 saturated carbocycles. The van der Waals surface area contributed by atoms with Crippen molar-refractivity contribution in [2.24, 2.45) is 0 Å². The van der Waals surface area contributed by atoms with E-state index in [9.17, 15) is 9.59 Å². The minimum Gasteiger partial charge on any atom is -0.497 e. The van der Waals surface area contributed by atoms with Crippen LogP contribution in [0.3, 0.4) is 0 Å². The number of morpholine rings is 1. The molecule has 2 heterocycles. The highest BCUT2D eigenvalue weighted by Crippen LogP contribution is 2.23. The van der Waals surface area contributed by atoms with Crippen molar-refractivity contribution in [2.75, 3.05) is 88.8 Å². The molecule has 0 spiro atoms. The monoisotopic (exact) mass is 481 g/mol. The molecule has 9 nitrogen and oxygen atoms in total. The largest absolute Gasteiger partial charge is 0.497 e. The Morgan fingerprint density at radius 1 is 0.943 bits per heavy atom. The lowest BCUT2D eigenvalue weighted by molar-refractivity contribution is -0.135. The Morgan fingerprint density at radius 3 is 2.20 bits per heavy atom. The Kier molecular flexibility index (Phi) is 8.09. The summed E-state index contributed by atoms with van der Waals surface area (Å²) in [5, 5.41) is 2.99. The van der Waals surface area contributed by atoms with Crippen LogP contribution in [0.2, 0.25) is 0 Å². The quantitative estimate of drug-likeness (QED) is 0.646. The summed E-state index contributed by atoms with van der Waals surface area (Å²) in [5.41, 5.74) is 2.91. The number of methoxy groups -OCH3 is 1. The van der Waals surface area contributed by atoms with Gasteiger partial charge < -0.3 is 29.5 Å². The molecule has 2 aromatic carbocycles. The minimum absolute atomic E-state index is 0.00845. The van der Waals surface area contributed by atoms with E-state index in [0.29, 0.717) is 13.1 Å². The van der Waals surface area contributed by atoms with Crippen LogP contribution in [0.1, 0.15) is 0 Å². The van der Waals surface area contributed by atoms with E-state index in [-0.39, 0.29) is 18.4 Å². The first-order chi connectivity index (χ1) is 16.9. The van der Waals surface area contributed by atoms with Gasteiger partial charge in [-0.25, -0.2) is 0 Å². The maximum Gasteiger partial charge on any atom is 0.241 e. The molecule has 2 fully saturated rings. The number of nitrogens with zero attached hydrogens (tertiary/aromatic N) is 4. The predicted molar refractivity (Wildman–Crippen MR) is 137 cm³/mol. The van der Waals surface area contributed by atoms with Crippen LogP contribution in [-0.4, -0.2) is 101 Å². The fourth-order valence-electron chi connectivity index (χ4n) is 4.53. The molecule has 188 valence electrons. The van der Waals surface area contributed by atoms with Gasteiger partial charge >= 0.3 is 0 Å². The average molecular weight is 482 g/mol. The summed E-state index contributed by atoms with van der Waals surface area (Å²) in [4.78, 5) is 33.9. The zero-order chi connectivity index (χ0) is 24.8. The molecular weight excluding hydrogens is 446 g/mol. The van der Waals surface area contributed by atoms with Crippen molar-refractivity contribution in [3.63, 3.8) is 0 Å². The van der Waals surface area contributed by atoms with E-state index in [1.165, 1.54) is 0 Å². The van der Waals surface area contributed by atoms with E-state index in [1.807, 2.05) is 53.4 Å². The average Bonchev–Trinajstić information content (AvgIpc) is 2.89. The predicted octanol–water partition coefficient (Wildman–Crippen LogP) is 1.75. The maximum atomic E-state index is 13.0. The van der Waals surface area contributed by atoms with Gasteiger partial charge in [-0.1, -0.05) is 0 Å². The van der Waals surface area contributed by atoms with Crippen molar-refractivity contribution in [1.29, 1.82) is 0 Å². The van der Waals surface area contributed by atoms with Gasteiger partial charge in [0, 0.05) is 63.9 Å². The number of nitrogens with one attached hydrogen (secondary N) is 1. The number of likely N-dealkylation sites (N-methyl/N-ethyl adjacent to an activating group) is 1. The third-order valence-electron chi connectivity index (χ3n) is 6.53. The Bertz CT molecular complexity index is 990. The van der Waals surface area contributed by atoms with E-state index < -0.39 is 6.04 Å². The number of amides is 2. The lowest BCUT2D eigenvalue weighted by Crippen LogP contribution is -2.60. The van der Waals surface area contributed by atoms with Gasteiger partial charge in [-0.3, -0.25) is 14.5 Å². The number of carbonyl (C=O) groups excluding carboxylic acids is 2. The van der Waals surface area contributed by atoms with Crippen LogP contribution in [0.4, 0.5) is 17.1 Å². The highest BCUT2D eigenvalue weighted by Gasteiger charge is 2.34. The van der Waals surface area contributed by atoms with Gasteiger partial charge in [-0.2, -0.15) is 0 Å². The molecule has 1 N–H and O–H groups in total. The summed E-state index contributed by atoms with van der Waals surface area (Å²) in [7, 11) is 5.15. The van der Waals surface area contributed by atoms with Crippen LogP contribution in [0.5, 0.6) is 5.75 Å². The molecule has 0 radical (unpaired) electrons. The Hall–Kier alpha value is -3.30. The lowest BCUT2D eigenvalue weighted by atomic mass is 10.1. The lowest BCUT2D eigenvalue weighted by Gasteiger charge is -2.42.